The second kappa shape index (κ2) is 15.4. The van der Waals surface area contributed by atoms with Gasteiger partial charge in [0.05, 0.1) is 26.4 Å². The molecule has 24 heteroatoms. The van der Waals surface area contributed by atoms with Crippen LogP contribution in [0, 0.1) is 0 Å². The Bertz CT molecular complexity index is 1160. The van der Waals surface area contributed by atoms with E-state index in [2.05, 4.69) is 4.18 Å². The van der Waals surface area contributed by atoms with E-state index in [1.54, 1.807) is 0 Å². The number of hydrogen-bond acceptors (Lipinski definition) is 23. The molecule has 5 fully saturated rings. The Morgan fingerprint density at radius 1 is 0.583 bits per heavy atom. The number of fused-ring (bicyclic) bond motifs is 2. The van der Waals surface area contributed by atoms with E-state index in [-0.39, 0.29) is 6.61 Å². The molecule has 0 saturated carbocycles. The van der Waals surface area contributed by atoms with E-state index in [0.29, 0.717) is 0 Å². The van der Waals surface area contributed by atoms with Gasteiger partial charge in [0.15, 0.2) is 25.2 Å². The fourth-order valence-corrected chi connectivity index (χ4v) is 6.34. The van der Waals surface area contributed by atoms with Crippen LogP contribution in [0.1, 0.15) is 0 Å². The predicted octanol–water partition coefficient (Wildman–Crippen LogP) is -9.22. The molecule has 0 aromatic heterocycles. The van der Waals surface area contributed by atoms with E-state index in [9.17, 15) is 69.1 Å². The number of aliphatic hydroxyl groups is 11. The molecule has 0 spiro atoms. The van der Waals surface area contributed by atoms with E-state index in [1.807, 2.05) is 0 Å². The molecule has 5 aliphatic heterocycles. The summed E-state index contributed by atoms with van der Waals surface area (Å²) in [6.45, 7) is -2.93. The van der Waals surface area contributed by atoms with Crippen LogP contribution >= 0.6 is 0 Å². The molecule has 1 unspecified atom stereocenters. The van der Waals surface area contributed by atoms with Crippen LogP contribution in [0.4, 0.5) is 0 Å². The number of aliphatic hydroxyl groups excluding tert-OH is 11. The van der Waals surface area contributed by atoms with Crippen LogP contribution in [-0.2, 0) is 52.5 Å². The summed E-state index contributed by atoms with van der Waals surface area (Å²) in [6.07, 6.45) is -33.9. The number of hydrogen-bond donors (Lipinski definition) is 11. The largest absolute Gasteiger partial charge is 0.726 e. The molecule has 2 bridgehead atoms. The minimum absolute atomic E-state index is 0.216. The molecule has 280 valence electrons. The van der Waals surface area contributed by atoms with Gasteiger partial charge in [-0.1, -0.05) is 0 Å². The lowest BCUT2D eigenvalue weighted by Crippen LogP contribution is -2.66. The van der Waals surface area contributed by atoms with Gasteiger partial charge in [0.1, 0.15) is 97.7 Å². The standard InChI is InChI=1S/C24H40O23S/c25-1-5-10(28)18(14(32)21(35)41-5)46-24-16(34)20-17(8(44-24)3-39-20)45-23-15(33)19(11(29)6(2-26)42-23)47-22-13(31)12(30)9(27)7(43-22)4-40-48(36,37)38/h5-35H,1-4H2,(H,36,37,38)/p-1/t5-,6-,7+,8+,9-,10+,11+,12-,13+,14-,15-,16+,17-,18+,19+,20+,21?,22+,23+,24+/m1/s1. The third kappa shape index (κ3) is 7.80. The smallest absolute Gasteiger partial charge is 0.217 e. The molecule has 20 atom stereocenters. The Kier molecular flexibility index (Phi) is 12.3. The molecule has 5 heterocycles. The van der Waals surface area contributed by atoms with Crippen molar-refractivity contribution in [3.05, 3.63) is 0 Å². The van der Waals surface area contributed by atoms with Crippen molar-refractivity contribution in [2.75, 3.05) is 26.4 Å². The highest BCUT2D eigenvalue weighted by Gasteiger charge is 2.58. The lowest BCUT2D eigenvalue weighted by Gasteiger charge is -2.47. The summed E-state index contributed by atoms with van der Waals surface area (Å²) in [4.78, 5) is 0. The average Bonchev–Trinajstić information content (AvgIpc) is 3.35. The van der Waals surface area contributed by atoms with Crippen molar-refractivity contribution in [1.29, 1.82) is 0 Å². The van der Waals surface area contributed by atoms with Gasteiger partial charge in [-0.25, -0.2) is 8.42 Å². The first-order valence-corrected chi connectivity index (χ1v) is 16.0. The maximum absolute atomic E-state index is 11.1. The fourth-order valence-electron chi connectivity index (χ4n) is 6.04. The van der Waals surface area contributed by atoms with Crippen molar-refractivity contribution < 1.29 is 111 Å². The highest BCUT2D eigenvalue weighted by Crippen LogP contribution is 2.37. The van der Waals surface area contributed by atoms with Crippen molar-refractivity contribution in [3.8, 4) is 0 Å². The topological polar surface area (TPSA) is 363 Å². The molecule has 0 amide bonds. The zero-order chi connectivity index (χ0) is 35.2. The summed E-state index contributed by atoms with van der Waals surface area (Å²) in [6, 6.07) is 0. The molecule has 48 heavy (non-hydrogen) atoms. The van der Waals surface area contributed by atoms with E-state index in [4.69, 9.17) is 37.9 Å². The molecular formula is C24H39O23S-. The van der Waals surface area contributed by atoms with Crippen LogP contribution in [0.3, 0.4) is 0 Å². The lowest BCUT2D eigenvalue weighted by atomic mass is 9.96. The third-order valence-corrected chi connectivity index (χ3v) is 9.07. The molecule has 11 N–H and O–H groups in total. The molecule has 5 aliphatic rings. The fraction of sp³-hybridized carbons (Fsp3) is 1.00. The van der Waals surface area contributed by atoms with E-state index in [0.717, 1.165) is 0 Å². The van der Waals surface area contributed by atoms with Gasteiger partial charge in [-0.2, -0.15) is 0 Å². The van der Waals surface area contributed by atoms with Crippen LogP contribution in [0.2, 0.25) is 0 Å². The van der Waals surface area contributed by atoms with Gasteiger partial charge in [-0.15, -0.1) is 0 Å². The molecule has 5 saturated heterocycles. The van der Waals surface area contributed by atoms with Gasteiger partial charge >= 0.3 is 0 Å². The van der Waals surface area contributed by atoms with Gasteiger partial charge in [-0.3, -0.25) is 4.18 Å². The quantitative estimate of drug-likeness (QED) is 0.0695. The number of ether oxygens (including phenoxy) is 8. The highest BCUT2D eigenvalue weighted by molar-refractivity contribution is 7.80. The SMILES string of the molecule is O=S(=O)([O-])OC[C@@H]1O[C@@H](O[C@H]2[C@@H](O)[C@@H](CO)O[C@@H](O[C@H]3[C@H]4OC[C@@H]3O[C@@H](O[C@H]3[C@@H](O)[C@@H](CO)OC(O)[C@@H]3O)[C@H]4O)[C@@H]2O)[C@@H](O)[C@H](O)[C@@H]1O. The monoisotopic (exact) mass is 727 g/mol. The van der Waals surface area contributed by atoms with Crippen LogP contribution < -0.4 is 0 Å². The third-order valence-electron chi connectivity index (χ3n) is 8.65. The summed E-state index contributed by atoms with van der Waals surface area (Å²) in [7, 11) is -5.26. The predicted molar refractivity (Wildman–Crippen MR) is 139 cm³/mol. The zero-order valence-corrected chi connectivity index (χ0v) is 25.4. The van der Waals surface area contributed by atoms with E-state index in [1.165, 1.54) is 0 Å². The Balaban J connectivity index is 1.26. The zero-order valence-electron chi connectivity index (χ0n) is 24.6. The average molecular weight is 728 g/mol. The van der Waals surface area contributed by atoms with E-state index >= 15 is 0 Å². The van der Waals surface area contributed by atoms with Crippen LogP contribution in [0.25, 0.3) is 0 Å². The van der Waals surface area contributed by atoms with Gasteiger partial charge in [0.2, 0.25) is 10.4 Å². The first-order valence-electron chi connectivity index (χ1n) is 14.7. The summed E-state index contributed by atoms with van der Waals surface area (Å²) in [5.41, 5.74) is 0. The second-order valence-electron chi connectivity index (χ2n) is 11.8. The second-order valence-corrected chi connectivity index (χ2v) is 12.8. The number of rotatable bonds is 11. The Morgan fingerprint density at radius 3 is 1.71 bits per heavy atom. The van der Waals surface area contributed by atoms with Crippen molar-refractivity contribution in [3.63, 3.8) is 0 Å². The summed E-state index contributed by atoms with van der Waals surface area (Å²) < 4.78 is 80.5. The highest BCUT2D eigenvalue weighted by atomic mass is 32.3. The minimum Gasteiger partial charge on any atom is -0.726 e. The van der Waals surface area contributed by atoms with Crippen molar-refractivity contribution in [2.24, 2.45) is 0 Å². The molecule has 0 aromatic rings. The summed E-state index contributed by atoms with van der Waals surface area (Å²) in [5, 5.41) is 114. The maximum atomic E-state index is 11.1. The Hall–Kier alpha value is -0.890. The molecular weight excluding hydrogens is 688 g/mol. The van der Waals surface area contributed by atoms with Crippen LogP contribution in [0.15, 0.2) is 0 Å². The van der Waals surface area contributed by atoms with Gasteiger partial charge < -0.3 is 98.6 Å². The van der Waals surface area contributed by atoms with Crippen molar-refractivity contribution in [1.82, 2.24) is 0 Å². The molecule has 0 radical (unpaired) electrons. The minimum atomic E-state index is -5.26. The van der Waals surface area contributed by atoms with E-state index < -0.39 is 153 Å². The van der Waals surface area contributed by atoms with Crippen molar-refractivity contribution >= 4 is 10.4 Å². The molecule has 5 rings (SSSR count). The summed E-state index contributed by atoms with van der Waals surface area (Å²) >= 11 is 0. The normalized spacial score (nSPS) is 51.6. The Morgan fingerprint density at radius 2 is 1.10 bits per heavy atom. The van der Waals surface area contributed by atoms with Gasteiger partial charge in [0, 0.05) is 0 Å². The van der Waals surface area contributed by atoms with Crippen LogP contribution in [-0.4, -0.2) is 218 Å². The maximum Gasteiger partial charge on any atom is 0.217 e. The first-order chi connectivity index (χ1) is 22.6. The van der Waals surface area contributed by atoms with Gasteiger partial charge in [-0.05, 0) is 0 Å². The first kappa shape index (κ1) is 38.3. The van der Waals surface area contributed by atoms with Crippen molar-refractivity contribution in [2.45, 2.75) is 123 Å². The lowest BCUT2D eigenvalue weighted by molar-refractivity contribution is -0.377. The van der Waals surface area contributed by atoms with Crippen LogP contribution in [0.5, 0.6) is 0 Å². The molecule has 0 aliphatic carbocycles. The molecule has 23 nitrogen and oxygen atoms in total. The van der Waals surface area contributed by atoms with Gasteiger partial charge in [0.25, 0.3) is 0 Å². The Labute approximate surface area is 271 Å². The molecule has 0 aromatic carbocycles. The summed E-state index contributed by atoms with van der Waals surface area (Å²) in [5.74, 6) is 0.